The lowest BCUT2D eigenvalue weighted by atomic mass is 10.2. The molecule has 2 heterocycles. The lowest BCUT2D eigenvalue weighted by Crippen LogP contribution is -2.33. The fourth-order valence-corrected chi connectivity index (χ4v) is 2.17. The third kappa shape index (κ3) is 2.82. The van der Waals surface area contributed by atoms with Crippen LogP contribution in [0.5, 0.6) is 0 Å². The molecule has 1 aliphatic heterocycles. The van der Waals surface area contributed by atoms with E-state index < -0.39 is 23.6 Å². The van der Waals surface area contributed by atoms with E-state index in [9.17, 15) is 14.7 Å². The van der Waals surface area contributed by atoms with Crippen molar-refractivity contribution in [2.75, 3.05) is 13.2 Å². The van der Waals surface area contributed by atoms with E-state index in [4.69, 9.17) is 15.9 Å². The molecule has 7 heteroatoms. The molecule has 0 spiro atoms. The highest BCUT2D eigenvalue weighted by molar-refractivity contribution is 5.02. The number of aryl methyl sites for hydroxylation is 1. The Morgan fingerprint density at radius 3 is 3.05 bits per heavy atom. The van der Waals surface area contributed by atoms with Gasteiger partial charge >= 0.3 is 5.69 Å². The number of aliphatic hydroxyl groups is 1. The van der Waals surface area contributed by atoms with Crippen molar-refractivity contribution in [2.45, 2.75) is 31.8 Å². The van der Waals surface area contributed by atoms with Crippen LogP contribution in [-0.2, 0) is 9.47 Å². The van der Waals surface area contributed by atoms with Crippen molar-refractivity contribution in [3.8, 4) is 12.3 Å². The van der Waals surface area contributed by atoms with Crippen LogP contribution in [0.2, 0.25) is 0 Å². The van der Waals surface area contributed by atoms with Gasteiger partial charge < -0.3 is 14.6 Å². The summed E-state index contributed by atoms with van der Waals surface area (Å²) in [6.07, 6.45) is 5.40. The number of aromatic amines is 1. The Kier molecular flexibility index (Phi) is 4.39. The third-order valence-corrected chi connectivity index (χ3v) is 3.20. The maximum Gasteiger partial charge on any atom is 0.330 e. The van der Waals surface area contributed by atoms with Crippen molar-refractivity contribution in [2.24, 2.45) is 0 Å². The smallest absolute Gasteiger partial charge is 0.330 e. The average Bonchev–Trinajstić information content (AvgIpc) is 2.83. The lowest BCUT2D eigenvalue weighted by molar-refractivity contribution is -0.0576. The normalized spacial score (nSPS) is 25.6. The molecule has 0 saturated carbocycles. The first-order valence-corrected chi connectivity index (χ1v) is 6.20. The van der Waals surface area contributed by atoms with Crippen LogP contribution in [-0.4, -0.2) is 40.1 Å². The van der Waals surface area contributed by atoms with Gasteiger partial charge in [-0.3, -0.25) is 14.3 Å². The summed E-state index contributed by atoms with van der Waals surface area (Å²) in [5, 5.41) is 9.27. The molecule has 0 aromatic carbocycles. The number of terminal acetylenes is 1. The highest BCUT2D eigenvalue weighted by Crippen LogP contribution is 2.29. The minimum absolute atomic E-state index is 0.108. The summed E-state index contributed by atoms with van der Waals surface area (Å²) in [6.45, 7) is 1.47. The Balaban J connectivity index is 2.23. The summed E-state index contributed by atoms with van der Waals surface area (Å²) >= 11 is 0. The minimum Gasteiger partial charge on any atom is -0.394 e. The Hall–Kier alpha value is -1.88. The number of nitrogens with zero attached hydrogens (tertiary/aromatic N) is 1. The van der Waals surface area contributed by atoms with Gasteiger partial charge in [-0.15, -0.1) is 6.42 Å². The van der Waals surface area contributed by atoms with Crippen LogP contribution in [0.3, 0.4) is 0 Å². The van der Waals surface area contributed by atoms with Crippen LogP contribution in [0.25, 0.3) is 0 Å². The van der Waals surface area contributed by atoms with Gasteiger partial charge in [-0.05, 0) is 6.92 Å². The Labute approximate surface area is 115 Å². The quantitative estimate of drug-likeness (QED) is 0.700. The Bertz CT molecular complexity index is 627. The monoisotopic (exact) mass is 280 g/mol. The predicted molar refractivity (Wildman–Crippen MR) is 70.2 cm³/mol. The molecular weight excluding hydrogens is 264 g/mol. The number of nitrogens with one attached hydrogen (secondary N) is 1. The average molecular weight is 280 g/mol. The number of hydrogen-bond donors (Lipinski definition) is 2. The second kappa shape index (κ2) is 6.05. The van der Waals surface area contributed by atoms with Crippen LogP contribution in [0.15, 0.2) is 15.8 Å². The van der Waals surface area contributed by atoms with Crippen LogP contribution in [0.1, 0.15) is 18.2 Å². The zero-order valence-electron chi connectivity index (χ0n) is 11.0. The predicted octanol–water partition coefficient (Wildman–Crippen LogP) is -0.857. The third-order valence-electron chi connectivity index (χ3n) is 3.20. The Morgan fingerprint density at radius 2 is 2.40 bits per heavy atom. The van der Waals surface area contributed by atoms with Gasteiger partial charge in [0.1, 0.15) is 18.9 Å². The first-order valence-electron chi connectivity index (χ1n) is 6.20. The van der Waals surface area contributed by atoms with E-state index in [1.54, 1.807) is 6.92 Å². The standard InChI is InChI=1S/C13H16N2O5/c1-3-4-19-9-5-11(20-10(9)7-16)15-6-8(2)12(17)14-13(15)18/h1,6,9-11,16H,4-5,7H2,2H3,(H,14,17,18)/t9-,10-,11-/m1/s1. The van der Waals surface area contributed by atoms with Crippen LogP contribution in [0, 0.1) is 19.3 Å². The van der Waals surface area contributed by atoms with Gasteiger partial charge in [-0.1, -0.05) is 5.92 Å². The molecule has 1 saturated heterocycles. The number of aliphatic hydroxyl groups excluding tert-OH is 1. The largest absolute Gasteiger partial charge is 0.394 e. The molecule has 108 valence electrons. The fraction of sp³-hybridized carbons (Fsp3) is 0.538. The Morgan fingerprint density at radius 1 is 1.65 bits per heavy atom. The SMILES string of the molecule is C#CCO[C@@H]1C[C@H](n2cc(C)c(=O)[nH]c2=O)O[C@@H]1CO. The van der Waals surface area contributed by atoms with E-state index in [1.165, 1.54) is 10.8 Å². The van der Waals surface area contributed by atoms with Crippen molar-refractivity contribution >= 4 is 0 Å². The van der Waals surface area contributed by atoms with Gasteiger partial charge in [0.25, 0.3) is 5.56 Å². The summed E-state index contributed by atoms with van der Waals surface area (Å²) in [6, 6.07) is 0. The molecule has 0 unspecified atom stereocenters. The van der Waals surface area contributed by atoms with E-state index in [1.807, 2.05) is 0 Å². The van der Waals surface area contributed by atoms with E-state index in [2.05, 4.69) is 10.9 Å². The van der Waals surface area contributed by atoms with Crippen molar-refractivity contribution in [1.29, 1.82) is 0 Å². The van der Waals surface area contributed by atoms with Crippen LogP contribution >= 0.6 is 0 Å². The minimum atomic E-state index is -0.599. The molecule has 0 radical (unpaired) electrons. The van der Waals surface area contributed by atoms with Crippen molar-refractivity contribution < 1.29 is 14.6 Å². The molecule has 2 N–H and O–H groups in total. The summed E-state index contributed by atoms with van der Waals surface area (Å²) < 4.78 is 12.3. The molecule has 1 fully saturated rings. The van der Waals surface area contributed by atoms with Gasteiger partial charge in [0.15, 0.2) is 0 Å². The number of rotatable bonds is 4. The molecule has 3 atom stereocenters. The summed E-state index contributed by atoms with van der Waals surface area (Å²) in [5.74, 6) is 2.35. The molecule has 2 rings (SSSR count). The van der Waals surface area contributed by atoms with Gasteiger partial charge in [-0.25, -0.2) is 4.79 Å². The molecule has 7 nitrogen and oxygen atoms in total. The number of H-pyrrole nitrogens is 1. The number of hydrogen-bond acceptors (Lipinski definition) is 5. The molecular formula is C13H16N2O5. The van der Waals surface area contributed by atoms with Crippen LogP contribution < -0.4 is 11.2 Å². The second-order valence-corrected chi connectivity index (χ2v) is 4.58. The molecule has 0 aliphatic carbocycles. The highest BCUT2D eigenvalue weighted by Gasteiger charge is 2.37. The van der Waals surface area contributed by atoms with E-state index in [0.717, 1.165) is 0 Å². The van der Waals surface area contributed by atoms with Gasteiger partial charge in [0, 0.05) is 18.2 Å². The topological polar surface area (TPSA) is 93.6 Å². The number of ether oxygens (including phenoxy) is 2. The second-order valence-electron chi connectivity index (χ2n) is 4.58. The van der Waals surface area contributed by atoms with Crippen LogP contribution in [0.4, 0.5) is 0 Å². The first kappa shape index (κ1) is 14.5. The van der Waals surface area contributed by atoms with Gasteiger partial charge in [0.05, 0.1) is 12.7 Å². The molecule has 1 aliphatic rings. The van der Waals surface area contributed by atoms with Crippen molar-refractivity contribution in [3.63, 3.8) is 0 Å². The fourth-order valence-electron chi connectivity index (χ4n) is 2.17. The van der Waals surface area contributed by atoms with E-state index in [0.29, 0.717) is 12.0 Å². The van der Waals surface area contributed by atoms with E-state index >= 15 is 0 Å². The molecule has 20 heavy (non-hydrogen) atoms. The lowest BCUT2D eigenvalue weighted by Gasteiger charge is -2.15. The summed E-state index contributed by atoms with van der Waals surface area (Å²) in [5.41, 5.74) is -0.579. The maximum atomic E-state index is 11.8. The van der Waals surface area contributed by atoms with Gasteiger partial charge in [-0.2, -0.15) is 0 Å². The highest BCUT2D eigenvalue weighted by atomic mass is 16.6. The van der Waals surface area contributed by atoms with E-state index in [-0.39, 0.29) is 19.3 Å². The zero-order chi connectivity index (χ0) is 14.7. The van der Waals surface area contributed by atoms with Crippen molar-refractivity contribution in [3.05, 3.63) is 32.6 Å². The van der Waals surface area contributed by atoms with Crippen molar-refractivity contribution in [1.82, 2.24) is 9.55 Å². The molecule has 1 aromatic rings. The molecule has 0 bridgehead atoms. The van der Waals surface area contributed by atoms with Gasteiger partial charge in [0.2, 0.25) is 0 Å². The first-order chi connectivity index (χ1) is 9.56. The summed E-state index contributed by atoms with van der Waals surface area (Å²) in [4.78, 5) is 25.3. The zero-order valence-corrected chi connectivity index (χ0v) is 11.0. The number of aromatic nitrogens is 2. The maximum absolute atomic E-state index is 11.8. The summed E-state index contributed by atoms with van der Waals surface area (Å²) in [7, 11) is 0. The molecule has 1 aromatic heterocycles. The molecule has 0 amide bonds.